The van der Waals surface area contributed by atoms with Crippen molar-refractivity contribution in [3.63, 3.8) is 0 Å². The highest BCUT2D eigenvalue weighted by Gasteiger charge is 2.50. The van der Waals surface area contributed by atoms with Crippen molar-refractivity contribution in [3.05, 3.63) is 44.0 Å². The molecule has 25 heteroatoms. The van der Waals surface area contributed by atoms with E-state index in [0.29, 0.717) is 9.47 Å². The highest BCUT2D eigenvalue weighted by Crippen LogP contribution is 2.22. The molecular formula is C23H25N11O12S2. The SMILES string of the molecule is C[C@H]1[C@H](NC(=O)/C(=N\OC(C)(C)C(=O)O)c2csc(N)n2)C(=O)N1C(=O)NS(=O)(=O)n1nc(-c2cc(=O)c(O)c[nH]2)n(CC(N)=O)c1=O. The number of carbonyl (C=O) groups excluding carboxylic acids is 4. The molecule has 1 saturated heterocycles. The molecule has 4 rings (SSSR count). The lowest BCUT2D eigenvalue weighted by Crippen LogP contribution is -2.73. The summed E-state index contributed by atoms with van der Waals surface area (Å²) in [7, 11) is -5.24. The summed E-state index contributed by atoms with van der Waals surface area (Å²) in [5.41, 5.74) is 5.40. The Bertz CT molecular complexity index is 2110. The van der Waals surface area contributed by atoms with Crippen LogP contribution in [0.15, 0.2) is 32.4 Å². The van der Waals surface area contributed by atoms with Gasteiger partial charge in [0.05, 0.1) is 11.7 Å². The summed E-state index contributed by atoms with van der Waals surface area (Å²) in [6.07, 6.45) is 0.809. The van der Waals surface area contributed by atoms with Gasteiger partial charge in [-0.1, -0.05) is 9.24 Å². The van der Waals surface area contributed by atoms with Crippen molar-refractivity contribution >= 4 is 62.1 Å². The maximum absolute atomic E-state index is 13.1. The fraction of sp³-hybridized carbons (Fsp3) is 0.304. The minimum absolute atomic E-state index is 0.0159. The highest BCUT2D eigenvalue weighted by molar-refractivity contribution is 7.88. The molecule has 5 amide bonds. The van der Waals surface area contributed by atoms with Gasteiger partial charge < -0.3 is 36.8 Å². The zero-order valence-electron chi connectivity index (χ0n) is 24.7. The van der Waals surface area contributed by atoms with Crippen LogP contribution < -0.4 is 32.6 Å². The summed E-state index contributed by atoms with van der Waals surface area (Å²) in [5, 5.41) is 29.5. The van der Waals surface area contributed by atoms with E-state index in [1.807, 2.05) is 0 Å². The Kier molecular flexibility index (Phi) is 9.12. The number of rotatable bonds is 11. The van der Waals surface area contributed by atoms with E-state index < -0.39 is 92.6 Å². The molecule has 2 atom stereocenters. The van der Waals surface area contributed by atoms with Gasteiger partial charge in [0.25, 0.3) is 11.8 Å². The number of aromatic hydroxyl groups is 1. The average molecular weight is 712 g/mol. The predicted octanol–water partition coefficient (Wildman–Crippen LogP) is -3.57. The first-order valence-electron chi connectivity index (χ1n) is 13.1. The van der Waals surface area contributed by atoms with Crippen molar-refractivity contribution in [1.29, 1.82) is 0 Å². The molecule has 0 bridgehead atoms. The first-order valence-corrected chi connectivity index (χ1v) is 15.4. The third-order valence-electron chi connectivity index (χ3n) is 6.49. The summed E-state index contributed by atoms with van der Waals surface area (Å²) in [5.74, 6) is -6.06. The van der Waals surface area contributed by atoms with Crippen molar-refractivity contribution in [3.8, 4) is 17.3 Å². The Morgan fingerprint density at radius 1 is 1.23 bits per heavy atom. The fourth-order valence-corrected chi connectivity index (χ4v) is 5.37. The molecule has 9 N–H and O–H groups in total. The van der Waals surface area contributed by atoms with Crippen LogP contribution in [0.5, 0.6) is 5.75 Å². The number of aromatic amines is 1. The van der Waals surface area contributed by atoms with Gasteiger partial charge in [-0.05, 0) is 20.8 Å². The Morgan fingerprint density at radius 2 is 1.90 bits per heavy atom. The van der Waals surface area contributed by atoms with Crippen LogP contribution in [0.3, 0.4) is 0 Å². The van der Waals surface area contributed by atoms with Gasteiger partial charge in [-0.25, -0.2) is 24.1 Å². The van der Waals surface area contributed by atoms with E-state index in [1.165, 1.54) is 17.0 Å². The first kappa shape index (κ1) is 34.8. The number of carboxylic acid groups (broad SMARTS) is 1. The number of anilines is 1. The Labute approximate surface area is 271 Å². The largest absolute Gasteiger partial charge is 0.503 e. The summed E-state index contributed by atoms with van der Waals surface area (Å²) in [6, 6.07) is -3.45. The van der Waals surface area contributed by atoms with Crippen molar-refractivity contribution < 1.29 is 47.4 Å². The van der Waals surface area contributed by atoms with Gasteiger partial charge in [0, 0.05) is 17.6 Å². The van der Waals surface area contributed by atoms with E-state index in [1.54, 1.807) is 0 Å². The number of likely N-dealkylation sites (tertiary alicyclic amines) is 1. The molecule has 0 radical (unpaired) electrons. The van der Waals surface area contributed by atoms with Crippen molar-refractivity contribution in [2.45, 2.75) is 45.0 Å². The Morgan fingerprint density at radius 3 is 2.44 bits per heavy atom. The van der Waals surface area contributed by atoms with Crippen LogP contribution in [0.25, 0.3) is 11.5 Å². The molecule has 0 aliphatic carbocycles. The number of aromatic nitrogens is 5. The number of carboxylic acids is 1. The lowest BCUT2D eigenvalue weighted by Gasteiger charge is -2.43. The maximum Gasteiger partial charge on any atom is 0.362 e. The molecule has 0 spiro atoms. The number of aliphatic carboxylic acids is 1. The standard InChI is InChI=1S/C23H25N11O12S2/c1-8-14(28-17(38)15(10-7-47-20(25)27-10)30-46-23(2,3)19(40)41)18(39)33(8)21(42)31-48(44,45)34-22(43)32(6-13(24)37)16(29-34)9-4-11(35)12(36)5-26-9/h4-5,7-8,14,36H,6H2,1-3H3,(H2,24,37)(H2,25,27)(H,26,35)(H,28,38)(H,31,42)(H,40,41)/b30-15-/t8-,14-/m0/s1. The smallest absolute Gasteiger partial charge is 0.362 e. The summed E-state index contributed by atoms with van der Waals surface area (Å²) in [6.45, 7) is 2.64. The molecule has 4 heterocycles. The van der Waals surface area contributed by atoms with Crippen LogP contribution in [0.4, 0.5) is 9.93 Å². The number of pyridine rings is 1. The molecule has 0 aromatic carbocycles. The monoisotopic (exact) mass is 711 g/mol. The number of thiazole rings is 1. The van der Waals surface area contributed by atoms with Crippen molar-refractivity contribution in [2.75, 3.05) is 5.73 Å². The fourth-order valence-electron chi connectivity index (χ4n) is 3.93. The number of carbonyl (C=O) groups is 5. The Balaban J connectivity index is 1.55. The molecule has 256 valence electrons. The van der Waals surface area contributed by atoms with E-state index in [4.69, 9.17) is 16.3 Å². The van der Waals surface area contributed by atoms with Crippen LogP contribution in [-0.2, 0) is 40.8 Å². The van der Waals surface area contributed by atoms with Crippen LogP contribution >= 0.6 is 11.3 Å². The normalized spacial score (nSPS) is 16.6. The number of imide groups is 1. The van der Waals surface area contributed by atoms with Crippen LogP contribution in [0, 0.1) is 0 Å². The molecule has 3 aromatic rings. The minimum Gasteiger partial charge on any atom is -0.503 e. The molecule has 1 fully saturated rings. The predicted molar refractivity (Wildman–Crippen MR) is 160 cm³/mol. The van der Waals surface area contributed by atoms with Crippen LogP contribution in [-0.4, -0.2) is 100 Å². The van der Waals surface area contributed by atoms with Gasteiger partial charge in [-0.15, -0.1) is 16.4 Å². The van der Waals surface area contributed by atoms with E-state index in [9.17, 15) is 52.2 Å². The zero-order chi connectivity index (χ0) is 35.9. The van der Waals surface area contributed by atoms with E-state index in [0.717, 1.165) is 37.4 Å². The van der Waals surface area contributed by atoms with E-state index in [-0.39, 0.29) is 20.6 Å². The molecule has 0 saturated carbocycles. The number of oxime groups is 1. The number of β-lactam (4-membered cyclic amide) rings is 1. The Hall–Kier alpha value is -6.11. The number of hydrogen-bond acceptors (Lipinski definition) is 16. The van der Waals surface area contributed by atoms with E-state index in [2.05, 4.69) is 25.5 Å². The van der Waals surface area contributed by atoms with E-state index >= 15 is 0 Å². The average Bonchev–Trinajstić information content (AvgIpc) is 3.55. The quantitative estimate of drug-likeness (QED) is 0.0575. The van der Waals surface area contributed by atoms with Crippen molar-refractivity contribution in [1.82, 2.24) is 38.7 Å². The molecule has 1 aliphatic rings. The maximum atomic E-state index is 13.1. The molecular weight excluding hydrogens is 686 g/mol. The topological polar surface area (TPSA) is 346 Å². The van der Waals surface area contributed by atoms with Crippen LogP contribution in [0.2, 0.25) is 0 Å². The number of H-pyrrole nitrogens is 1. The number of nitrogens with zero attached hydrogens (tertiary/aromatic N) is 6. The number of nitrogens with one attached hydrogen (secondary N) is 3. The summed E-state index contributed by atoms with van der Waals surface area (Å²) in [4.78, 5) is 98.4. The van der Waals surface area contributed by atoms with Gasteiger partial charge in [0.1, 0.15) is 18.3 Å². The van der Waals surface area contributed by atoms with Gasteiger partial charge in [0.15, 0.2) is 22.4 Å². The molecule has 48 heavy (non-hydrogen) atoms. The van der Waals surface area contributed by atoms with Crippen LogP contribution in [0.1, 0.15) is 26.5 Å². The van der Waals surface area contributed by atoms with Crippen molar-refractivity contribution in [2.24, 2.45) is 10.9 Å². The second-order valence-corrected chi connectivity index (χ2v) is 12.7. The highest BCUT2D eigenvalue weighted by atomic mass is 32.2. The lowest BCUT2D eigenvalue weighted by atomic mass is 9.97. The molecule has 23 nitrogen and oxygen atoms in total. The van der Waals surface area contributed by atoms with Gasteiger partial charge in [-0.3, -0.25) is 28.6 Å². The van der Waals surface area contributed by atoms with Gasteiger partial charge >= 0.3 is 27.9 Å². The number of nitrogens with two attached hydrogens (primary N) is 2. The number of urea groups is 1. The van der Waals surface area contributed by atoms with Gasteiger partial charge in [0.2, 0.25) is 16.9 Å². The number of hydrogen-bond donors (Lipinski definition) is 7. The number of amides is 5. The summed E-state index contributed by atoms with van der Waals surface area (Å²) >= 11 is 0.913. The second kappa shape index (κ2) is 12.6. The molecule has 1 aliphatic heterocycles. The molecule has 3 aromatic heterocycles. The third-order valence-corrected chi connectivity index (χ3v) is 8.28. The summed E-state index contributed by atoms with van der Waals surface area (Å²) < 4.78 is 27.8. The second-order valence-electron chi connectivity index (χ2n) is 10.3. The first-order chi connectivity index (χ1) is 22.2. The number of primary amides is 1. The molecule has 0 unspecified atom stereocenters. The van der Waals surface area contributed by atoms with Gasteiger partial charge in [-0.2, -0.15) is 8.42 Å². The minimum atomic E-state index is -5.24. The number of nitrogen functional groups attached to an aromatic ring is 1. The lowest BCUT2D eigenvalue weighted by molar-refractivity contribution is -0.161. The zero-order valence-corrected chi connectivity index (χ0v) is 26.4. The third kappa shape index (κ3) is 6.70.